The van der Waals surface area contributed by atoms with E-state index >= 15 is 0 Å². The molecule has 0 aliphatic heterocycles. The maximum Gasteiger partial charge on any atom is 0.280 e. The minimum absolute atomic E-state index is 0.103. The molecule has 3 heterocycles. The standard InChI is InChI=1S/C23H18F2N6O2/c1-12-13(7-5-8-16(12)26)21-29-23(33-30-21)15-11-27-31-18(20(24)25)10-17(28-22(15)31)14-6-3-4-9-19(14)32-2/h3-11,20H,26H2,1-2H3. The number of nitrogen functional groups attached to an aromatic ring is 1. The van der Waals surface area contributed by atoms with E-state index in [2.05, 4.69) is 20.2 Å². The van der Waals surface area contributed by atoms with Gasteiger partial charge in [0.1, 0.15) is 17.0 Å². The van der Waals surface area contributed by atoms with Gasteiger partial charge < -0.3 is 15.0 Å². The number of rotatable bonds is 5. The maximum atomic E-state index is 13.9. The fourth-order valence-electron chi connectivity index (χ4n) is 3.62. The lowest BCUT2D eigenvalue weighted by Gasteiger charge is -2.11. The predicted molar refractivity (Wildman–Crippen MR) is 118 cm³/mol. The van der Waals surface area contributed by atoms with Crippen molar-refractivity contribution in [1.29, 1.82) is 0 Å². The molecule has 0 aliphatic rings. The van der Waals surface area contributed by atoms with Gasteiger partial charge in [-0.3, -0.25) is 0 Å². The van der Waals surface area contributed by atoms with Crippen LogP contribution in [-0.2, 0) is 0 Å². The number of hydrogen-bond donors (Lipinski definition) is 1. The summed E-state index contributed by atoms with van der Waals surface area (Å²) in [6.07, 6.45) is -1.41. The highest BCUT2D eigenvalue weighted by Gasteiger charge is 2.23. The van der Waals surface area contributed by atoms with Gasteiger partial charge in [0.15, 0.2) is 5.65 Å². The molecule has 0 aliphatic carbocycles. The van der Waals surface area contributed by atoms with E-state index in [1.54, 1.807) is 36.4 Å². The van der Waals surface area contributed by atoms with Gasteiger partial charge in [-0.25, -0.2) is 18.3 Å². The monoisotopic (exact) mass is 448 g/mol. The first kappa shape index (κ1) is 20.6. The molecule has 5 aromatic rings. The Hall–Kier alpha value is -4.34. The predicted octanol–water partition coefficient (Wildman–Crippen LogP) is 4.95. The summed E-state index contributed by atoms with van der Waals surface area (Å²) < 4.78 is 39.7. The molecule has 2 aromatic carbocycles. The Labute approximate surface area is 186 Å². The summed E-state index contributed by atoms with van der Waals surface area (Å²) >= 11 is 0. The first-order valence-electron chi connectivity index (χ1n) is 9.97. The Morgan fingerprint density at radius 2 is 1.82 bits per heavy atom. The number of alkyl halides is 2. The van der Waals surface area contributed by atoms with Crippen molar-refractivity contribution in [2.45, 2.75) is 13.3 Å². The molecule has 0 radical (unpaired) electrons. The topological polar surface area (TPSA) is 104 Å². The molecule has 0 unspecified atom stereocenters. The highest BCUT2D eigenvalue weighted by Crippen LogP contribution is 2.34. The Bertz CT molecular complexity index is 1480. The molecule has 2 N–H and O–H groups in total. The summed E-state index contributed by atoms with van der Waals surface area (Å²) in [6, 6.07) is 13.7. The van der Waals surface area contributed by atoms with Crippen LogP contribution in [0.15, 0.2) is 59.3 Å². The van der Waals surface area contributed by atoms with Crippen LogP contribution in [0, 0.1) is 6.92 Å². The SMILES string of the molecule is COc1ccccc1-c1cc(C(F)F)n2ncc(-c3nc(-c4cccc(N)c4C)no3)c2n1. The van der Waals surface area contributed by atoms with Crippen LogP contribution in [0.4, 0.5) is 14.5 Å². The zero-order valence-electron chi connectivity index (χ0n) is 17.7. The molecule has 0 atom stereocenters. The van der Waals surface area contributed by atoms with Crippen LogP contribution in [-0.4, -0.2) is 31.8 Å². The molecule has 0 saturated carbocycles. The van der Waals surface area contributed by atoms with Gasteiger partial charge in [-0.2, -0.15) is 10.1 Å². The van der Waals surface area contributed by atoms with Crippen LogP contribution in [0.25, 0.3) is 39.7 Å². The fraction of sp³-hybridized carbons (Fsp3) is 0.130. The normalized spacial score (nSPS) is 11.4. The molecular weight excluding hydrogens is 430 g/mol. The van der Waals surface area contributed by atoms with Crippen molar-refractivity contribution in [1.82, 2.24) is 24.7 Å². The highest BCUT2D eigenvalue weighted by molar-refractivity contribution is 5.77. The third-order valence-corrected chi connectivity index (χ3v) is 5.38. The van der Waals surface area contributed by atoms with Gasteiger partial charge in [-0.15, -0.1) is 0 Å². The Morgan fingerprint density at radius 1 is 1.03 bits per heavy atom. The minimum Gasteiger partial charge on any atom is -0.496 e. The Morgan fingerprint density at radius 3 is 2.61 bits per heavy atom. The first-order chi connectivity index (χ1) is 16.0. The number of benzene rings is 2. The quantitative estimate of drug-likeness (QED) is 0.379. The number of anilines is 1. The van der Waals surface area contributed by atoms with Gasteiger partial charge in [-0.1, -0.05) is 29.4 Å². The lowest BCUT2D eigenvalue weighted by Crippen LogP contribution is -2.03. The van der Waals surface area contributed by atoms with Crippen LogP contribution >= 0.6 is 0 Å². The molecule has 0 spiro atoms. The molecule has 8 nitrogen and oxygen atoms in total. The number of nitrogens with two attached hydrogens (primary N) is 1. The number of hydrogen-bond acceptors (Lipinski definition) is 7. The smallest absolute Gasteiger partial charge is 0.280 e. The second-order valence-electron chi connectivity index (χ2n) is 7.30. The molecule has 5 rings (SSSR count). The molecular formula is C23H18F2N6O2. The molecule has 0 fully saturated rings. The number of halogens is 2. The second kappa shape index (κ2) is 7.97. The third kappa shape index (κ3) is 3.45. The molecule has 0 bridgehead atoms. The maximum absolute atomic E-state index is 13.9. The van der Waals surface area contributed by atoms with Crippen LogP contribution in [0.2, 0.25) is 0 Å². The summed E-state index contributed by atoms with van der Waals surface area (Å²) in [6.45, 7) is 1.85. The molecule has 166 valence electrons. The van der Waals surface area contributed by atoms with Gasteiger partial charge in [0.05, 0.1) is 19.0 Å². The van der Waals surface area contributed by atoms with Crippen molar-refractivity contribution >= 4 is 11.3 Å². The molecule has 3 aromatic heterocycles. The summed E-state index contributed by atoms with van der Waals surface area (Å²) in [5.74, 6) is 0.934. The van der Waals surface area contributed by atoms with Crippen molar-refractivity contribution in [2.24, 2.45) is 0 Å². The van der Waals surface area contributed by atoms with Crippen LogP contribution in [0.1, 0.15) is 17.7 Å². The van der Waals surface area contributed by atoms with Crippen molar-refractivity contribution in [3.63, 3.8) is 0 Å². The third-order valence-electron chi connectivity index (χ3n) is 5.38. The van der Waals surface area contributed by atoms with Gasteiger partial charge >= 0.3 is 0 Å². The molecule has 33 heavy (non-hydrogen) atoms. The summed E-state index contributed by atoms with van der Waals surface area (Å²) in [4.78, 5) is 9.03. The van der Waals surface area contributed by atoms with Gasteiger partial charge in [0.25, 0.3) is 12.3 Å². The number of fused-ring (bicyclic) bond motifs is 1. The number of methoxy groups -OCH3 is 1. The number of nitrogens with zero attached hydrogens (tertiary/aromatic N) is 5. The zero-order valence-corrected chi connectivity index (χ0v) is 17.7. The van der Waals surface area contributed by atoms with Crippen LogP contribution < -0.4 is 10.5 Å². The number of ether oxygens (including phenoxy) is 1. The molecule has 0 saturated heterocycles. The van der Waals surface area contributed by atoms with E-state index in [-0.39, 0.29) is 17.2 Å². The average Bonchev–Trinajstić information content (AvgIpc) is 3.47. The summed E-state index contributed by atoms with van der Waals surface area (Å²) in [5, 5.41) is 8.14. The summed E-state index contributed by atoms with van der Waals surface area (Å²) in [7, 11) is 1.51. The number of aromatic nitrogens is 5. The lowest BCUT2D eigenvalue weighted by atomic mass is 10.1. The van der Waals surface area contributed by atoms with E-state index in [0.717, 1.165) is 10.1 Å². The average molecular weight is 448 g/mol. The lowest BCUT2D eigenvalue weighted by molar-refractivity contribution is 0.143. The van der Waals surface area contributed by atoms with Crippen molar-refractivity contribution in [2.75, 3.05) is 12.8 Å². The highest BCUT2D eigenvalue weighted by atomic mass is 19.3. The molecule has 10 heteroatoms. The van der Waals surface area contributed by atoms with Gasteiger partial charge in [-0.05, 0) is 36.8 Å². The Kier molecular flexibility index (Phi) is 4.97. The fourth-order valence-corrected chi connectivity index (χ4v) is 3.62. The van der Waals surface area contributed by atoms with E-state index in [1.807, 2.05) is 13.0 Å². The minimum atomic E-state index is -2.79. The van der Waals surface area contributed by atoms with E-state index in [4.69, 9.17) is 15.0 Å². The zero-order chi connectivity index (χ0) is 23.1. The Balaban J connectivity index is 1.68. The van der Waals surface area contributed by atoms with Crippen molar-refractivity contribution < 1.29 is 18.0 Å². The summed E-state index contributed by atoms with van der Waals surface area (Å²) in [5.41, 5.74) is 9.14. The van der Waals surface area contributed by atoms with Crippen molar-refractivity contribution in [3.05, 3.63) is 66.0 Å². The molecule has 0 amide bonds. The van der Waals surface area contributed by atoms with Crippen LogP contribution in [0.3, 0.4) is 0 Å². The van der Waals surface area contributed by atoms with Crippen LogP contribution in [0.5, 0.6) is 5.75 Å². The van der Waals surface area contributed by atoms with Gasteiger partial charge in [0, 0.05) is 16.8 Å². The van der Waals surface area contributed by atoms with E-state index in [0.29, 0.717) is 39.6 Å². The number of para-hydroxylation sites is 1. The second-order valence-corrected chi connectivity index (χ2v) is 7.30. The van der Waals surface area contributed by atoms with Crippen molar-refractivity contribution in [3.8, 4) is 39.8 Å². The first-order valence-corrected chi connectivity index (χ1v) is 9.97. The van der Waals surface area contributed by atoms with Gasteiger partial charge in [0.2, 0.25) is 5.82 Å². The van der Waals surface area contributed by atoms with E-state index in [9.17, 15) is 8.78 Å². The van der Waals surface area contributed by atoms with E-state index < -0.39 is 6.43 Å². The van der Waals surface area contributed by atoms with E-state index in [1.165, 1.54) is 19.4 Å². The largest absolute Gasteiger partial charge is 0.496 e.